The summed E-state index contributed by atoms with van der Waals surface area (Å²) >= 11 is 1.37. The first-order valence-corrected chi connectivity index (χ1v) is 10.5. The molecule has 1 aliphatic carbocycles. The molecule has 142 valence electrons. The summed E-state index contributed by atoms with van der Waals surface area (Å²) in [5.74, 6) is 0.492. The average molecular weight is 384 g/mol. The molecule has 0 bridgehead atoms. The van der Waals surface area contributed by atoms with E-state index in [4.69, 9.17) is 0 Å². The normalized spacial score (nSPS) is 15.5. The summed E-state index contributed by atoms with van der Waals surface area (Å²) in [6.07, 6.45) is 5.97. The minimum Gasteiger partial charge on any atom is -0.342 e. The molecule has 0 spiro atoms. The molecule has 6 nitrogen and oxygen atoms in total. The Labute approximate surface area is 163 Å². The van der Waals surface area contributed by atoms with Gasteiger partial charge in [0.05, 0.1) is 11.3 Å². The van der Waals surface area contributed by atoms with Gasteiger partial charge in [0.15, 0.2) is 5.65 Å². The number of hydrogen-bond donors (Lipinski definition) is 0. The Balaban J connectivity index is 1.51. The number of hydrogen-bond acceptors (Lipinski definition) is 5. The molecule has 2 heterocycles. The second-order valence-electron chi connectivity index (χ2n) is 7.43. The third kappa shape index (κ3) is 3.52. The highest BCUT2D eigenvalue weighted by Gasteiger charge is 2.22. The second kappa shape index (κ2) is 7.46. The van der Waals surface area contributed by atoms with Crippen LogP contribution in [-0.4, -0.2) is 49.4 Å². The van der Waals surface area contributed by atoms with Crippen LogP contribution in [0.2, 0.25) is 0 Å². The predicted molar refractivity (Wildman–Crippen MR) is 109 cm³/mol. The minimum atomic E-state index is 0.142. The third-order valence-corrected chi connectivity index (χ3v) is 6.40. The summed E-state index contributed by atoms with van der Waals surface area (Å²) in [4.78, 5) is 19.1. The molecule has 7 heteroatoms. The van der Waals surface area contributed by atoms with Gasteiger partial charge in [-0.3, -0.25) is 4.79 Å². The molecule has 3 aromatic rings. The Hall–Kier alpha value is -2.15. The highest BCUT2D eigenvalue weighted by atomic mass is 32.2. The van der Waals surface area contributed by atoms with Crippen molar-refractivity contribution in [3.63, 3.8) is 0 Å². The van der Waals surface area contributed by atoms with Gasteiger partial charge >= 0.3 is 0 Å². The number of rotatable bonds is 4. The molecule has 1 aliphatic rings. The van der Waals surface area contributed by atoms with Crippen molar-refractivity contribution in [2.45, 2.75) is 50.2 Å². The Morgan fingerprint density at radius 2 is 2.04 bits per heavy atom. The van der Waals surface area contributed by atoms with E-state index in [1.54, 1.807) is 0 Å². The van der Waals surface area contributed by atoms with Crippen molar-refractivity contribution in [1.29, 1.82) is 0 Å². The van der Waals surface area contributed by atoms with E-state index in [1.807, 2.05) is 23.6 Å². The maximum atomic E-state index is 12.5. The topological polar surface area (TPSA) is 63.9 Å². The number of thioether (sulfide) groups is 1. The summed E-state index contributed by atoms with van der Waals surface area (Å²) in [6.45, 7) is 2.07. The van der Waals surface area contributed by atoms with Crippen LogP contribution in [0.4, 0.5) is 0 Å². The van der Waals surface area contributed by atoms with E-state index in [1.165, 1.54) is 36.6 Å². The standard InChI is InChI=1S/C20H25N5OS/c1-13-9-10-16-15(11-13)18-19(25(16)3)21-20(23-22-18)27-12-17(26)24(2)14-7-5-4-6-8-14/h9-11,14H,4-8,12H2,1-3H3. The van der Waals surface area contributed by atoms with Crippen molar-refractivity contribution in [2.24, 2.45) is 7.05 Å². The van der Waals surface area contributed by atoms with Gasteiger partial charge in [0, 0.05) is 25.5 Å². The van der Waals surface area contributed by atoms with E-state index >= 15 is 0 Å². The Bertz CT molecular complexity index is 993. The molecule has 0 saturated heterocycles. The molecule has 2 aromatic heterocycles. The number of amides is 1. The molecule has 1 saturated carbocycles. The van der Waals surface area contributed by atoms with Gasteiger partial charge in [-0.05, 0) is 31.9 Å². The van der Waals surface area contributed by atoms with Gasteiger partial charge in [0.25, 0.3) is 0 Å². The number of benzene rings is 1. The van der Waals surface area contributed by atoms with E-state index in [9.17, 15) is 4.79 Å². The molecular formula is C20H25N5OS. The number of fused-ring (bicyclic) bond motifs is 3. The van der Waals surface area contributed by atoms with Crippen LogP contribution < -0.4 is 0 Å². The van der Waals surface area contributed by atoms with Crippen molar-refractivity contribution in [3.05, 3.63) is 23.8 Å². The van der Waals surface area contributed by atoms with Crippen LogP contribution in [0.25, 0.3) is 22.1 Å². The monoisotopic (exact) mass is 383 g/mol. The quantitative estimate of drug-likeness (QED) is 0.643. The first kappa shape index (κ1) is 18.2. The molecular weight excluding hydrogens is 358 g/mol. The number of aromatic nitrogens is 4. The molecule has 1 amide bonds. The van der Waals surface area contributed by atoms with Crippen LogP contribution in [0.15, 0.2) is 23.4 Å². The lowest BCUT2D eigenvalue weighted by molar-refractivity contribution is -0.129. The van der Waals surface area contributed by atoms with Crippen molar-refractivity contribution >= 4 is 39.7 Å². The smallest absolute Gasteiger partial charge is 0.233 e. The fourth-order valence-corrected chi connectivity index (χ4v) is 4.62. The molecule has 27 heavy (non-hydrogen) atoms. The number of aryl methyl sites for hydroxylation is 2. The number of carbonyl (C=O) groups is 1. The van der Waals surface area contributed by atoms with Crippen molar-refractivity contribution < 1.29 is 4.79 Å². The summed E-state index contributed by atoms with van der Waals surface area (Å²) in [5.41, 5.74) is 3.90. The highest BCUT2D eigenvalue weighted by Crippen LogP contribution is 2.27. The first-order valence-electron chi connectivity index (χ1n) is 9.52. The molecule has 0 N–H and O–H groups in total. The van der Waals surface area contributed by atoms with Crippen LogP contribution in [0.1, 0.15) is 37.7 Å². The van der Waals surface area contributed by atoms with Crippen LogP contribution in [0.5, 0.6) is 0 Å². The molecule has 1 aromatic carbocycles. The van der Waals surface area contributed by atoms with Crippen LogP contribution in [0.3, 0.4) is 0 Å². The molecule has 0 unspecified atom stereocenters. The Morgan fingerprint density at radius 1 is 1.26 bits per heavy atom. The molecule has 0 aliphatic heterocycles. The minimum absolute atomic E-state index is 0.142. The third-order valence-electron chi connectivity index (χ3n) is 5.58. The summed E-state index contributed by atoms with van der Waals surface area (Å²) in [6, 6.07) is 6.67. The van der Waals surface area contributed by atoms with E-state index < -0.39 is 0 Å². The molecule has 0 atom stereocenters. The fraction of sp³-hybridized carbons (Fsp3) is 0.500. The zero-order valence-electron chi connectivity index (χ0n) is 16.1. The van der Waals surface area contributed by atoms with Crippen molar-refractivity contribution in [3.8, 4) is 0 Å². The maximum absolute atomic E-state index is 12.5. The van der Waals surface area contributed by atoms with Crippen molar-refractivity contribution in [1.82, 2.24) is 24.6 Å². The van der Waals surface area contributed by atoms with E-state index in [0.717, 1.165) is 34.9 Å². The highest BCUT2D eigenvalue weighted by molar-refractivity contribution is 7.99. The lowest BCUT2D eigenvalue weighted by Gasteiger charge is -2.31. The number of carbonyl (C=O) groups excluding carboxylic acids is 1. The Kier molecular flexibility index (Phi) is 5.04. The summed E-state index contributed by atoms with van der Waals surface area (Å²) in [5, 5.41) is 10.3. The van der Waals surface area contributed by atoms with Gasteiger partial charge < -0.3 is 9.47 Å². The van der Waals surface area contributed by atoms with Crippen molar-refractivity contribution in [2.75, 3.05) is 12.8 Å². The lowest BCUT2D eigenvalue weighted by atomic mass is 9.94. The summed E-state index contributed by atoms with van der Waals surface area (Å²) < 4.78 is 2.04. The predicted octanol–water partition coefficient (Wildman–Crippen LogP) is 3.71. The molecule has 0 radical (unpaired) electrons. The van der Waals surface area contributed by atoms with Gasteiger partial charge in [-0.2, -0.15) is 0 Å². The molecule has 1 fully saturated rings. The largest absolute Gasteiger partial charge is 0.342 e. The Morgan fingerprint density at radius 3 is 2.81 bits per heavy atom. The fourth-order valence-electron chi connectivity index (χ4n) is 3.92. The molecule has 4 rings (SSSR count). The first-order chi connectivity index (χ1) is 13.0. The van der Waals surface area contributed by atoms with E-state index in [0.29, 0.717) is 17.0 Å². The summed E-state index contributed by atoms with van der Waals surface area (Å²) in [7, 11) is 3.92. The van der Waals surface area contributed by atoms with Gasteiger partial charge in [-0.25, -0.2) is 4.98 Å². The zero-order chi connectivity index (χ0) is 19.0. The van der Waals surface area contributed by atoms with E-state index in [2.05, 4.69) is 40.3 Å². The second-order valence-corrected chi connectivity index (χ2v) is 8.37. The maximum Gasteiger partial charge on any atom is 0.233 e. The lowest BCUT2D eigenvalue weighted by Crippen LogP contribution is -2.39. The van der Waals surface area contributed by atoms with E-state index in [-0.39, 0.29) is 5.91 Å². The van der Waals surface area contributed by atoms with Gasteiger partial charge in [0.2, 0.25) is 11.1 Å². The van der Waals surface area contributed by atoms with Crippen LogP contribution >= 0.6 is 11.8 Å². The van der Waals surface area contributed by atoms with Crippen LogP contribution in [0, 0.1) is 6.92 Å². The van der Waals surface area contributed by atoms with Crippen LogP contribution in [-0.2, 0) is 11.8 Å². The van der Waals surface area contributed by atoms with Gasteiger partial charge in [0.1, 0.15) is 5.52 Å². The van der Waals surface area contributed by atoms with Gasteiger partial charge in [-0.15, -0.1) is 10.2 Å². The average Bonchev–Trinajstić information content (AvgIpc) is 2.97. The number of nitrogens with zero attached hydrogens (tertiary/aromatic N) is 5. The SMILES string of the molecule is Cc1ccc2c(c1)c1nnc(SCC(=O)N(C)C3CCCCC3)nc1n2C. The zero-order valence-corrected chi connectivity index (χ0v) is 16.9. The van der Waals surface area contributed by atoms with Gasteiger partial charge in [-0.1, -0.05) is 42.7 Å².